The molecule has 2 atom stereocenters. The lowest BCUT2D eigenvalue weighted by molar-refractivity contribution is -0.141. The van der Waals surface area contributed by atoms with Crippen molar-refractivity contribution in [2.24, 2.45) is 13.0 Å². The molecule has 0 spiro atoms. The molecular formula is C21H19FN2O3. The minimum Gasteiger partial charge on any atom is -0.481 e. The summed E-state index contributed by atoms with van der Waals surface area (Å²) in [5.41, 5.74) is 2.10. The van der Waals surface area contributed by atoms with Gasteiger partial charge in [0.1, 0.15) is 5.82 Å². The molecule has 4 rings (SSSR count). The number of nitrogens with zero attached hydrogens (tertiary/aromatic N) is 2. The highest BCUT2D eigenvalue weighted by atomic mass is 19.1. The van der Waals surface area contributed by atoms with Gasteiger partial charge in [-0.05, 0) is 35.9 Å². The number of benzene rings is 2. The summed E-state index contributed by atoms with van der Waals surface area (Å²) >= 11 is 0. The van der Waals surface area contributed by atoms with Crippen LogP contribution in [0.15, 0.2) is 54.7 Å². The molecule has 2 unspecified atom stereocenters. The number of aromatic nitrogens is 1. The van der Waals surface area contributed by atoms with Crippen LogP contribution in [0.4, 0.5) is 4.39 Å². The molecule has 1 aliphatic rings. The molecule has 27 heavy (non-hydrogen) atoms. The highest BCUT2D eigenvalue weighted by Crippen LogP contribution is 2.34. The standard InChI is InChI=1S/C21H19FN2O3/c1-23-9-8-15-16(6-3-7-19(15)23)20(25)24-11-17(18(12-24)21(26)27)13-4-2-5-14(22)10-13/h2-10,17-18H,11-12H2,1H3,(H,26,27). The maximum atomic E-state index is 13.6. The second kappa shape index (κ2) is 6.54. The number of carbonyl (C=O) groups is 2. The number of aliphatic carboxylic acids is 1. The van der Waals surface area contributed by atoms with E-state index in [1.807, 2.05) is 36.0 Å². The van der Waals surface area contributed by atoms with E-state index in [1.54, 1.807) is 23.1 Å². The number of likely N-dealkylation sites (tertiary alicyclic amines) is 1. The number of amides is 1. The molecule has 3 aromatic rings. The van der Waals surface area contributed by atoms with Crippen molar-refractivity contribution in [2.75, 3.05) is 13.1 Å². The zero-order chi connectivity index (χ0) is 19.1. The topological polar surface area (TPSA) is 62.5 Å². The number of carbonyl (C=O) groups excluding carboxylic acids is 1. The number of hydrogen-bond acceptors (Lipinski definition) is 2. The Morgan fingerprint density at radius 2 is 1.89 bits per heavy atom. The lowest BCUT2D eigenvalue weighted by atomic mass is 9.89. The van der Waals surface area contributed by atoms with Crippen LogP contribution in [0, 0.1) is 11.7 Å². The van der Waals surface area contributed by atoms with Gasteiger partial charge in [0.05, 0.1) is 5.92 Å². The second-order valence-electron chi connectivity index (χ2n) is 6.98. The van der Waals surface area contributed by atoms with Gasteiger partial charge in [-0.2, -0.15) is 0 Å². The maximum Gasteiger partial charge on any atom is 0.308 e. The first-order valence-corrected chi connectivity index (χ1v) is 8.77. The van der Waals surface area contributed by atoms with Gasteiger partial charge in [-0.25, -0.2) is 4.39 Å². The summed E-state index contributed by atoms with van der Waals surface area (Å²) < 4.78 is 15.6. The van der Waals surface area contributed by atoms with Gasteiger partial charge in [0.15, 0.2) is 0 Å². The highest BCUT2D eigenvalue weighted by Gasteiger charge is 2.41. The summed E-state index contributed by atoms with van der Waals surface area (Å²) in [6.07, 6.45) is 1.89. The lowest BCUT2D eigenvalue weighted by Gasteiger charge is -2.17. The molecule has 0 radical (unpaired) electrons. The summed E-state index contributed by atoms with van der Waals surface area (Å²) in [7, 11) is 1.91. The third-order valence-electron chi connectivity index (χ3n) is 5.36. The van der Waals surface area contributed by atoms with E-state index in [-0.39, 0.29) is 19.0 Å². The van der Waals surface area contributed by atoms with Gasteiger partial charge in [-0.15, -0.1) is 0 Å². The lowest BCUT2D eigenvalue weighted by Crippen LogP contribution is -2.30. The average Bonchev–Trinajstić information content (AvgIpc) is 3.26. The van der Waals surface area contributed by atoms with Crippen molar-refractivity contribution < 1.29 is 19.1 Å². The average molecular weight is 366 g/mol. The van der Waals surface area contributed by atoms with Gasteiger partial charge in [-0.3, -0.25) is 9.59 Å². The molecule has 6 heteroatoms. The Kier molecular flexibility index (Phi) is 4.18. The number of aryl methyl sites for hydroxylation is 1. The summed E-state index contributed by atoms with van der Waals surface area (Å²) in [6.45, 7) is 0.362. The first kappa shape index (κ1) is 17.3. The third-order valence-corrected chi connectivity index (χ3v) is 5.36. The van der Waals surface area contributed by atoms with Crippen molar-refractivity contribution in [3.63, 3.8) is 0 Å². The summed E-state index contributed by atoms with van der Waals surface area (Å²) in [6, 6.07) is 13.4. The fourth-order valence-electron chi connectivity index (χ4n) is 3.95. The molecule has 1 amide bonds. The zero-order valence-electron chi connectivity index (χ0n) is 14.8. The Morgan fingerprint density at radius 1 is 1.11 bits per heavy atom. The van der Waals surface area contributed by atoms with Gasteiger partial charge in [0.2, 0.25) is 0 Å². The molecule has 2 heterocycles. The van der Waals surface area contributed by atoms with Crippen molar-refractivity contribution in [3.05, 3.63) is 71.7 Å². The molecule has 1 N–H and O–H groups in total. The van der Waals surface area contributed by atoms with Crippen molar-refractivity contribution in [3.8, 4) is 0 Å². The molecule has 1 aromatic heterocycles. The quantitative estimate of drug-likeness (QED) is 0.774. The van der Waals surface area contributed by atoms with E-state index >= 15 is 0 Å². The summed E-state index contributed by atoms with van der Waals surface area (Å²) in [5.74, 6) is -2.77. The molecule has 1 saturated heterocycles. The van der Waals surface area contributed by atoms with Crippen LogP contribution in [-0.4, -0.2) is 39.5 Å². The minimum absolute atomic E-state index is 0.110. The number of carboxylic acid groups (broad SMARTS) is 1. The normalized spacial score (nSPS) is 19.6. The molecule has 2 aromatic carbocycles. The van der Waals surface area contributed by atoms with Gasteiger partial charge in [0.25, 0.3) is 5.91 Å². The third kappa shape index (κ3) is 2.97. The Labute approximate surface area is 155 Å². The monoisotopic (exact) mass is 366 g/mol. The van der Waals surface area contributed by atoms with Crippen molar-refractivity contribution in [1.29, 1.82) is 0 Å². The van der Waals surface area contributed by atoms with E-state index in [9.17, 15) is 19.1 Å². The largest absolute Gasteiger partial charge is 0.481 e. The predicted molar refractivity (Wildman–Crippen MR) is 99.1 cm³/mol. The van der Waals surface area contributed by atoms with Crippen LogP contribution in [0.25, 0.3) is 10.9 Å². The van der Waals surface area contributed by atoms with Gasteiger partial charge in [0, 0.05) is 48.7 Å². The highest BCUT2D eigenvalue weighted by molar-refractivity contribution is 6.06. The molecule has 138 valence electrons. The maximum absolute atomic E-state index is 13.6. The van der Waals surface area contributed by atoms with E-state index < -0.39 is 23.6 Å². The Morgan fingerprint density at radius 3 is 2.63 bits per heavy atom. The van der Waals surface area contributed by atoms with Crippen LogP contribution in [0.5, 0.6) is 0 Å². The van der Waals surface area contributed by atoms with Crippen LogP contribution in [-0.2, 0) is 11.8 Å². The Bertz CT molecular complexity index is 1040. The van der Waals surface area contributed by atoms with Crippen LogP contribution < -0.4 is 0 Å². The zero-order valence-corrected chi connectivity index (χ0v) is 14.8. The number of rotatable bonds is 3. The van der Waals surface area contributed by atoms with Crippen molar-refractivity contribution >= 4 is 22.8 Å². The van der Waals surface area contributed by atoms with Crippen molar-refractivity contribution in [2.45, 2.75) is 5.92 Å². The van der Waals surface area contributed by atoms with Crippen LogP contribution in [0.1, 0.15) is 21.8 Å². The molecular weight excluding hydrogens is 347 g/mol. The van der Waals surface area contributed by atoms with Gasteiger partial charge in [-0.1, -0.05) is 18.2 Å². The Balaban J connectivity index is 1.68. The number of carboxylic acids is 1. The minimum atomic E-state index is -0.975. The van der Waals surface area contributed by atoms with E-state index in [4.69, 9.17) is 0 Å². The summed E-state index contributed by atoms with van der Waals surface area (Å²) in [4.78, 5) is 26.5. The second-order valence-corrected chi connectivity index (χ2v) is 6.98. The fourth-order valence-corrected chi connectivity index (χ4v) is 3.95. The Hall–Kier alpha value is -3.15. The van der Waals surface area contributed by atoms with Crippen molar-refractivity contribution in [1.82, 2.24) is 9.47 Å². The first-order valence-electron chi connectivity index (χ1n) is 8.77. The van der Waals surface area contributed by atoms with E-state index in [1.165, 1.54) is 12.1 Å². The van der Waals surface area contributed by atoms with E-state index in [0.717, 1.165) is 10.9 Å². The van der Waals surface area contributed by atoms with Gasteiger partial charge < -0.3 is 14.6 Å². The van der Waals surface area contributed by atoms with E-state index in [2.05, 4.69) is 0 Å². The first-order chi connectivity index (χ1) is 13.0. The molecule has 1 aliphatic heterocycles. The fraction of sp³-hybridized carbons (Fsp3) is 0.238. The van der Waals surface area contributed by atoms with Crippen LogP contribution in [0.3, 0.4) is 0 Å². The van der Waals surface area contributed by atoms with E-state index in [0.29, 0.717) is 11.1 Å². The number of hydrogen-bond donors (Lipinski definition) is 1. The predicted octanol–water partition coefficient (Wildman–Crippen LogP) is 3.26. The summed E-state index contributed by atoms with van der Waals surface area (Å²) in [5, 5.41) is 10.5. The van der Waals surface area contributed by atoms with Crippen LogP contribution >= 0.6 is 0 Å². The molecule has 0 aliphatic carbocycles. The molecule has 5 nitrogen and oxygen atoms in total. The van der Waals surface area contributed by atoms with Crippen LogP contribution in [0.2, 0.25) is 0 Å². The number of halogens is 1. The SMILES string of the molecule is Cn1ccc2c(C(=O)N3CC(C(=O)O)C(c4cccc(F)c4)C3)cccc21. The molecule has 0 bridgehead atoms. The number of fused-ring (bicyclic) bond motifs is 1. The van der Waals surface area contributed by atoms with Gasteiger partial charge >= 0.3 is 5.97 Å². The molecule has 1 fully saturated rings. The smallest absolute Gasteiger partial charge is 0.308 e. The molecule has 0 saturated carbocycles.